The van der Waals surface area contributed by atoms with Crippen LogP contribution in [-0.4, -0.2) is 93.0 Å². The highest BCUT2D eigenvalue weighted by Crippen LogP contribution is 2.28. The SMILES string of the molecule is B[C@@H]1O[C@H](CN(C(=O)C(F)(F)F)C(CC(=O)OC)C(=O)OC)C(O)C1OI. The van der Waals surface area contributed by atoms with Crippen LogP contribution in [0.3, 0.4) is 0 Å². The normalized spacial score (nSPS) is 26.3. The summed E-state index contributed by atoms with van der Waals surface area (Å²) < 4.78 is 58.3. The fourth-order valence-corrected chi connectivity index (χ4v) is 3.32. The first-order valence-corrected chi connectivity index (χ1v) is 8.49. The number of amides is 1. The zero-order chi connectivity index (χ0) is 20.9. The van der Waals surface area contributed by atoms with Crippen LogP contribution < -0.4 is 0 Å². The largest absolute Gasteiger partial charge is 0.471 e. The molecule has 14 heteroatoms. The minimum absolute atomic E-state index is 0.0962. The van der Waals surface area contributed by atoms with Crippen LogP contribution in [0.1, 0.15) is 6.42 Å². The van der Waals surface area contributed by atoms with Crippen LogP contribution in [0, 0.1) is 0 Å². The number of hydrogen-bond donors (Lipinski definition) is 1. The monoisotopic (exact) mass is 511 g/mol. The van der Waals surface area contributed by atoms with Gasteiger partial charge in [-0.05, 0) is 0 Å². The molecule has 0 bridgehead atoms. The average Bonchev–Trinajstić information content (AvgIpc) is 2.88. The van der Waals surface area contributed by atoms with Crippen LogP contribution in [0.15, 0.2) is 0 Å². The maximum Gasteiger partial charge on any atom is 0.471 e. The molecule has 154 valence electrons. The number of aliphatic hydroxyl groups excluding tert-OH is 1. The highest BCUT2D eigenvalue weighted by Gasteiger charge is 2.50. The van der Waals surface area contributed by atoms with E-state index in [-0.39, 0.29) is 4.90 Å². The van der Waals surface area contributed by atoms with E-state index in [1.165, 1.54) is 30.9 Å². The number of nitrogens with zero attached hydrogens (tertiary/aromatic N) is 1. The number of hydrogen-bond acceptors (Lipinski definition) is 8. The van der Waals surface area contributed by atoms with E-state index in [1.54, 1.807) is 0 Å². The summed E-state index contributed by atoms with van der Waals surface area (Å²) in [5.74, 6) is -4.66. The van der Waals surface area contributed by atoms with Gasteiger partial charge >= 0.3 is 24.0 Å². The van der Waals surface area contributed by atoms with Gasteiger partial charge in [0.05, 0.1) is 33.2 Å². The van der Waals surface area contributed by atoms with E-state index in [1.807, 2.05) is 0 Å². The number of rotatable bonds is 7. The van der Waals surface area contributed by atoms with Crippen molar-refractivity contribution in [3.8, 4) is 0 Å². The van der Waals surface area contributed by atoms with Gasteiger partial charge in [-0.1, -0.05) is 0 Å². The van der Waals surface area contributed by atoms with Gasteiger partial charge in [0, 0.05) is 0 Å². The summed E-state index contributed by atoms with van der Waals surface area (Å²) in [7, 11) is 3.39. The van der Waals surface area contributed by atoms with Gasteiger partial charge in [0.25, 0.3) is 0 Å². The smallest absolute Gasteiger partial charge is 0.469 e. The first kappa shape index (κ1) is 23.9. The van der Waals surface area contributed by atoms with E-state index in [0.29, 0.717) is 0 Å². The van der Waals surface area contributed by atoms with Gasteiger partial charge in [-0.15, -0.1) is 0 Å². The maximum atomic E-state index is 13.0. The van der Waals surface area contributed by atoms with Crippen LogP contribution in [0.4, 0.5) is 13.2 Å². The molecule has 0 aromatic heterocycles. The molecule has 5 atom stereocenters. The van der Waals surface area contributed by atoms with Crippen molar-refractivity contribution in [3.05, 3.63) is 0 Å². The van der Waals surface area contributed by atoms with Crippen molar-refractivity contribution in [2.75, 3.05) is 20.8 Å². The first-order chi connectivity index (χ1) is 12.5. The Bertz CT molecular complexity index is 566. The van der Waals surface area contributed by atoms with Gasteiger partial charge in [0.1, 0.15) is 55.2 Å². The Balaban J connectivity index is 3.20. The van der Waals surface area contributed by atoms with E-state index < -0.39 is 67.3 Å². The molecule has 0 spiro atoms. The van der Waals surface area contributed by atoms with Crippen molar-refractivity contribution >= 4 is 48.7 Å². The van der Waals surface area contributed by atoms with Gasteiger partial charge < -0.3 is 27.3 Å². The molecule has 0 radical (unpaired) electrons. The topological polar surface area (TPSA) is 112 Å². The lowest BCUT2D eigenvalue weighted by molar-refractivity contribution is -0.193. The van der Waals surface area contributed by atoms with E-state index >= 15 is 0 Å². The Labute approximate surface area is 167 Å². The summed E-state index contributed by atoms with van der Waals surface area (Å²) in [4.78, 5) is 35.5. The maximum absolute atomic E-state index is 13.0. The van der Waals surface area contributed by atoms with E-state index in [4.69, 9.17) is 7.80 Å². The van der Waals surface area contributed by atoms with Crippen LogP contribution in [-0.2, 0) is 31.7 Å². The lowest BCUT2D eigenvalue weighted by Crippen LogP contribution is -2.55. The van der Waals surface area contributed by atoms with Crippen molar-refractivity contribution in [1.82, 2.24) is 4.90 Å². The van der Waals surface area contributed by atoms with Gasteiger partial charge in [0.15, 0.2) is 0 Å². The number of ether oxygens (including phenoxy) is 3. The molecule has 1 fully saturated rings. The molecule has 0 aromatic rings. The van der Waals surface area contributed by atoms with Crippen molar-refractivity contribution in [3.63, 3.8) is 0 Å². The second kappa shape index (κ2) is 9.88. The number of methoxy groups -OCH3 is 2. The van der Waals surface area contributed by atoms with E-state index in [0.717, 1.165) is 14.2 Å². The van der Waals surface area contributed by atoms with Crippen LogP contribution in [0.5, 0.6) is 0 Å². The molecule has 0 aromatic carbocycles. The first-order valence-electron chi connectivity index (χ1n) is 7.61. The van der Waals surface area contributed by atoms with Crippen LogP contribution in [0.25, 0.3) is 0 Å². The highest BCUT2D eigenvalue weighted by atomic mass is 127. The Hall–Kier alpha value is -1.13. The molecule has 1 saturated heterocycles. The number of esters is 2. The third kappa shape index (κ3) is 5.92. The average molecular weight is 511 g/mol. The van der Waals surface area contributed by atoms with Crippen molar-refractivity contribution in [2.24, 2.45) is 0 Å². The molecule has 3 unspecified atom stereocenters. The van der Waals surface area contributed by atoms with Crippen molar-refractivity contribution in [2.45, 2.75) is 43.0 Å². The summed E-state index contributed by atoms with van der Waals surface area (Å²) in [5, 5.41) is 10.2. The molecular formula is C13H18BF3INO8. The molecule has 1 N–H and O–H groups in total. The number of halogens is 4. The Morgan fingerprint density at radius 2 is 1.89 bits per heavy atom. The number of carbonyl (C=O) groups excluding carboxylic acids is 3. The molecule has 1 amide bonds. The Kier molecular flexibility index (Phi) is 8.75. The molecule has 27 heavy (non-hydrogen) atoms. The third-order valence-electron chi connectivity index (χ3n) is 3.99. The summed E-state index contributed by atoms with van der Waals surface area (Å²) in [5.41, 5.74) is 0. The Morgan fingerprint density at radius 3 is 2.30 bits per heavy atom. The summed E-state index contributed by atoms with van der Waals surface area (Å²) in [6.07, 6.45) is -9.70. The summed E-state index contributed by atoms with van der Waals surface area (Å²) in [6, 6.07) is -2.59. The predicted molar refractivity (Wildman–Crippen MR) is 92.3 cm³/mol. The zero-order valence-corrected chi connectivity index (χ0v) is 16.7. The lowest BCUT2D eigenvalue weighted by atomic mass is 9.93. The molecule has 1 rings (SSSR count). The third-order valence-corrected chi connectivity index (χ3v) is 4.58. The fourth-order valence-electron chi connectivity index (χ4n) is 2.61. The quantitative estimate of drug-likeness (QED) is 0.262. The lowest BCUT2D eigenvalue weighted by Gasteiger charge is -2.32. The highest BCUT2D eigenvalue weighted by molar-refractivity contribution is 14.1. The molecular weight excluding hydrogens is 493 g/mol. The van der Waals surface area contributed by atoms with Crippen LogP contribution in [0.2, 0.25) is 0 Å². The van der Waals surface area contributed by atoms with Crippen LogP contribution >= 0.6 is 23.0 Å². The second-order valence-corrected chi connectivity index (χ2v) is 6.21. The van der Waals surface area contributed by atoms with Gasteiger partial charge in [-0.25, -0.2) is 4.79 Å². The molecule has 1 aliphatic heterocycles. The van der Waals surface area contributed by atoms with Gasteiger partial charge in [-0.2, -0.15) is 13.2 Å². The number of aliphatic hydroxyl groups is 1. The van der Waals surface area contributed by atoms with E-state index in [9.17, 15) is 32.7 Å². The van der Waals surface area contributed by atoms with Gasteiger partial charge in [-0.3, -0.25) is 9.59 Å². The van der Waals surface area contributed by atoms with Crippen molar-refractivity contribution < 1.29 is 49.9 Å². The number of alkyl halides is 3. The molecule has 9 nitrogen and oxygen atoms in total. The second-order valence-electron chi connectivity index (χ2n) is 5.70. The minimum Gasteiger partial charge on any atom is -0.469 e. The minimum atomic E-state index is -5.34. The summed E-state index contributed by atoms with van der Waals surface area (Å²) in [6.45, 7) is -0.822. The molecule has 1 aliphatic rings. The molecule has 1 heterocycles. The van der Waals surface area contributed by atoms with E-state index in [2.05, 4.69) is 9.47 Å². The number of carbonyl (C=O) groups is 3. The standard InChI is InChI=1S/C13H18BF3INO8/c1-24-7(20)3-5(11(22)25-2)19(12(23)13(15,16)17)4-6-8(21)9(27-18)10(14)26-6/h5-6,8-10,21H,3-4,14H2,1-2H3/t5?,6-,8?,9?,10-/m1/s1. The van der Waals surface area contributed by atoms with Crippen molar-refractivity contribution in [1.29, 1.82) is 0 Å². The Morgan fingerprint density at radius 1 is 1.30 bits per heavy atom. The summed E-state index contributed by atoms with van der Waals surface area (Å²) >= 11 is 1.51. The zero-order valence-electron chi connectivity index (χ0n) is 14.6. The predicted octanol–water partition coefficient (Wildman–Crippen LogP) is -1.06. The van der Waals surface area contributed by atoms with Gasteiger partial charge in [0.2, 0.25) is 0 Å². The molecule has 0 aliphatic carbocycles. The fraction of sp³-hybridized carbons (Fsp3) is 0.769. The molecule has 0 saturated carbocycles.